The average Bonchev–Trinajstić information content (AvgIpc) is 2.38. The van der Waals surface area contributed by atoms with Crippen LogP contribution in [-0.4, -0.2) is 10.9 Å². The topological polar surface area (TPSA) is 37.3 Å². The molecule has 22 heavy (non-hydrogen) atoms. The number of rotatable bonds is 2. The van der Waals surface area contributed by atoms with Crippen LogP contribution in [0.15, 0.2) is 48.2 Å². The number of aliphatic hydroxyl groups is 1. The first kappa shape index (κ1) is 20.2. The molecule has 0 radical (unpaired) electrons. The molecule has 5 heteroatoms. The van der Waals surface area contributed by atoms with Gasteiger partial charge in [-0.25, -0.2) is 5.56 Å². The molecule has 0 saturated carbocycles. The summed E-state index contributed by atoms with van der Waals surface area (Å²) in [7, 11) is 0. The van der Waals surface area contributed by atoms with Crippen molar-refractivity contribution >= 4 is 5.78 Å². The van der Waals surface area contributed by atoms with Crippen molar-refractivity contribution in [2.75, 3.05) is 0 Å². The molecule has 0 aliphatic rings. The van der Waals surface area contributed by atoms with Gasteiger partial charge in [-0.15, -0.1) is 12.1 Å². The summed E-state index contributed by atoms with van der Waals surface area (Å²) in [5.74, 6) is -1.30. The normalized spacial score (nSPS) is 10.1. The minimum absolute atomic E-state index is 0. The maximum Gasteiger partial charge on any atom is 2.00 e. The molecule has 2 aromatic carbocycles. The van der Waals surface area contributed by atoms with E-state index in [-0.39, 0.29) is 38.2 Å². The number of carbonyl (C=O) groups excluding carboxylic acids is 1. The summed E-state index contributed by atoms with van der Waals surface area (Å²) in [4.78, 5) is 10.0. The molecule has 0 aliphatic carbocycles. The summed E-state index contributed by atoms with van der Waals surface area (Å²) in [5.41, 5.74) is 0.817. The average molecular weight is 483 g/mol. The van der Waals surface area contributed by atoms with E-state index in [4.69, 9.17) is 5.11 Å². The van der Waals surface area contributed by atoms with Gasteiger partial charge in [-0.2, -0.15) is 35.9 Å². The number of halogens is 2. The minimum atomic E-state index is -0.623. The number of ketones is 1. The van der Waals surface area contributed by atoms with Crippen LogP contribution in [0.4, 0.5) is 8.78 Å². The number of carbonyl (C=O) groups is 1. The van der Waals surface area contributed by atoms with Gasteiger partial charge in [0.15, 0.2) is 5.78 Å². The van der Waals surface area contributed by atoms with E-state index in [0.717, 1.165) is 12.1 Å². The predicted octanol–water partition coefficient (Wildman–Crippen LogP) is 4.27. The van der Waals surface area contributed by atoms with Crippen molar-refractivity contribution in [3.63, 3.8) is 0 Å². The van der Waals surface area contributed by atoms with Crippen molar-refractivity contribution in [1.82, 2.24) is 0 Å². The van der Waals surface area contributed by atoms with Crippen molar-refractivity contribution < 1.29 is 39.7 Å². The minimum Gasteiger partial charge on any atom is -0.512 e. The van der Waals surface area contributed by atoms with Gasteiger partial charge in [-0.1, -0.05) is 6.07 Å². The number of hydrogen-bond acceptors (Lipinski definition) is 2. The molecule has 1 N–H and O–H groups in total. The van der Waals surface area contributed by atoms with Gasteiger partial charge in [-0.05, 0) is 19.7 Å². The molecular weight excluding hydrogens is 469 g/mol. The summed E-state index contributed by atoms with van der Waals surface area (Å²) in [6, 6.07) is 14.3. The first-order valence-electron chi connectivity index (χ1n) is 6.12. The molecule has 0 saturated heterocycles. The van der Waals surface area contributed by atoms with Gasteiger partial charge < -0.3 is 5.11 Å². The monoisotopic (exact) mass is 483 g/mol. The first-order valence-corrected chi connectivity index (χ1v) is 6.12. The molecule has 0 bridgehead atoms. The Morgan fingerprint density at radius 2 is 1.91 bits per heavy atom. The van der Waals surface area contributed by atoms with Gasteiger partial charge >= 0.3 is 21.1 Å². The van der Waals surface area contributed by atoms with Gasteiger partial charge in [0.05, 0.1) is 5.76 Å². The van der Waals surface area contributed by atoms with E-state index in [1.807, 2.05) is 0 Å². The molecule has 0 spiro atoms. The van der Waals surface area contributed by atoms with Crippen LogP contribution < -0.4 is 0 Å². The van der Waals surface area contributed by atoms with Crippen molar-refractivity contribution in [1.29, 1.82) is 0 Å². The van der Waals surface area contributed by atoms with E-state index in [0.29, 0.717) is 5.56 Å². The van der Waals surface area contributed by atoms with Crippen molar-refractivity contribution in [2.24, 2.45) is 0 Å². The Balaban J connectivity index is 0.000000478. The Bertz CT molecular complexity index is 636. The fourth-order valence-electron chi connectivity index (χ4n) is 1.49. The molecule has 2 rings (SSSR count). The molecule has 0 aliphatic heterocycles. The number of benzene rings is 2. The summed E-state index contributed by atoms with van der Waals surface area (Å²) >= 11 is 0. The zero-order valence-corrected chi connectivity index (χ0v) is 14.2. The zero-order valence-electron chi connectivity index (χ0n) is 12.0. The maximum absolute atomic E-state index is 13.2. The fraction of sp³-hybridized carbons (Fsp3) is 0.118. The van der Waals surface area contributed by atoms with Crippen LogP contribution in [0.5, 0.6) is 0 Å². The predicted molar refractivity (Wildman–Crippen MR) is 76.5 cm³/mol. The van der Waals surface area contributed by atoms with Gasteiger partial charge in [0.2, 0.25) is 0 Å². The molecule has 0 aromatic heterocycles. The summed E-state index contributed by atoms with van der Waals surface area (Å²) in [6.45, 7) is 2.85. The van der Waals surface area contributed by atoms with Gasteiger partial charge in [0.25, 0.3) is 0 Å². The van der Waals surface area contributed by atoms with Crippen LogP contribution in [-0.2, 0) is 25.9 Å². The second-order valence-electron chi connectivity index (χ2n) is 4.21. The van der Waals surface area contributed by atoms with Gasteiger partial charge in [0.1, 0.15) is 0 Å². The third-order valence-corrected chi connectivity index (χ3v) is 2.25. The molecule has 0 atom stereocenters. The number of hydrogen-bond donors (Lipinski definition) is 1. The molecule has 0 unspecified atom stereocenters. The smallest absolute Gasteiger partial charge is 0.512 e. The molecule has 2 aromatic rings. The molecule has 0 amide bonds. The fourth-order valence-corrected chi connectivity index (χ4v) is 1.49. The first-order chi connectivity index (χ1) is 9.90. The van der Waals surface area contributed by atoms with Crippen LogP contribution in [0.1, 0.15) is 13.8 Å². The van der Waals surface area contributed by atoms with Crippen molar-refractivity contribution in [3.8, 4) is 11.1 Å². The largest absolute Gasteiger partial charge is 2.00 e. The summed E-state index contributed by atoms with van der Waals surface area (Å²) < 4.78 is 25.8. The van der Waals surface area contributed by atoms with E-state index in [1.165, 1.54) is 19.9 Å². The van der Waals surface area contributed by atoms with Crippen LogP contribution in [0, 0.1) is 23.8 Å². The van der Waals surface area contributed by atoms with Crippen molar-refractivity contribution in [2.45, 2.75) is 13.8 Å². The molecule has 118 valence electrons. The molecule has 2 nitrogen and oxygen atoms in total. The Kier molecular flexibility index (Phi) is 9.19. The van der Waals surface area contributed by atoms with Crippen LogP contribution in [0.3, 0.4) is 0 Å². The summed E-state index contributed by atoms with van der Waals surface area (Å²) in [6.07, 6.45) is 1.17. The zero-order chi connectivity index (χ0) is 15.8. The maximum atomic E-state index is 13.2. The van der Waals surface area contributed by atoms with Crippen LogP contribution in [0.2, 0.25) is 0 Å². The summed E-state index contributed by atoms with van der Waals surface area (Å²) in [5, 5.41) is 8.36. The molecule has 0 heterocycles. The van der Waals surface area contributed by atoms with E-state index >= 15 is 0 Å². The van der Waals surface area contributed by atoms with Crippen LogP contribution in [0.25, 0.3) is 11.1 Å². The Morgan fingerprint density at radius 3 is 2.32 bits per heavy atom. The second kappa shape index (κ2) is 10.0. The second-order valence-corrected chi connectivity index (χ2v) is 4.21. The van der Waals surface area contributed by atoms with Gasteiger partial charge in [-0.3, -0.25) is 13.6 Å². The van der Waals surface area contributed by atoms with E-state index in [2.05, 4.69) is 12.1 Å². The third kappa shape index (κ3) is 7.28. The Morgan fingerprint density at radius 1 is 1.23 bits per heavy atom. The SMILES string of the molecule is CC(=O)/C=C(/C)O.Fc1c[c-]c(-c2[c-]cccc2)c(F)c1.[Pt+2]. The Labute approximate surface area is 142 Å². The Hall–Kier alpha value is -1.80. The van der Waals surface area contributed by atoms with E-state index in [1.54, 1.807) is 24.3 Å². The van der Waals surface area contributed by atoms with Gasteiger partial charge in [0, 0.05) is 11.9 Å². The molecule has 0 fully saturated rings. The quantitative estimate of drug-likeness (QED) is 0.394. The molecular formula is C17H14F2O2Pt. The number of aliphatic hydroxyl groups excluding tert-OH is 1. The van der Waals surface area contributed by atoms with E-state index in [9.17, 15) is 13.6 Å². The van der Waals surface area contributed by atoms with Crippen LogP contribution >= 0.6 is 0 Å². The van der Waals surface area contributed by atoms with Crippen molar-refractivity contribution in [3.05, 3.63) is 72.0 Å². The van der Waals surface area contributed by atoms with E-state index < -0.39 is 11.6 Å². The number of allylic oxidation sites excluding steroid dienone is 2. The third-order valence-electron chi connectivity index (χ3n) is 2.25. The standard InChI is InChI=1S/C12H6F2.C5H8O2.Pt/c13-10-6-7-11(12(14)8-10)9-4-2-1-3-5-9;1-4(6)3-5(2)7;/h1-4,6,8H;3,6H,1-2H3;/q-2;;+2/b;4-3-;.